The van der Waals surface area contributed by atoms with Gasteiger partial charge in [0, 0.05) is 49.0 Å². The molecule has 0 atom stereocenters. The molecule has 0 saturated carbocycles. The van der Waals surface area contributed by atoms with Gasteiger partial charge in [-0.1, -0.05) is 0 Å². The molecule has 3 aliphatic heterocycles. The van der Waals surface area contributed by atoms with Crippen LogP contribution in [0, 0.1) is 11.3 Å². The third-order valence-corrected chi connectivity index (χ3v) is 6.83. The smallest absolute Gasteiger partial charge is 0.0201 e. The van der Waals surface area contributed by atoms with E-state index >= 15 is 0 Å². The highest BCUT2D eigenvalue weighted by molar-refractivity contribution is 14.1. The van der Waals surface area contributed by atoms with Crippen molar-refractivity contribution in [2.24, 2.45) is 11.3 Å². The lowest BCUT2D eigenvalue weighted by Crippen LogP contribution is -2.50. The van der Waals surface area contributed by atoms with Gasteiger partial charge < -0.3 is 9.80 Å². The van der Waals surface area contributed by atoms with Gasteiger partial charge in [0.25, 0.3) is 0 Å². The van der Waals surface area contributed by atoms with Crippen molar-refractivity contribution >= 4 is 22.9 Å². The van der Waals surface area contributed by atoms with Gasteiger partial charge in [-0.2, -0.15) is 0 Å². The standard InChI is InChI=1S/C16H30IN3/c1-18-11-6-16(7-12-18)5-2-8-19(14-16)13-15-3-9-20(17)10-4-15/h15H,2-14H2,1H3. The molecule has 4 heteroatoms. The average molecular weight is 391 g/mol. The van der Waals surface area contributed by atoms with Gasteiger partial charge in [-0.3, -0.25) is 0 Å². The Labute approximate surface area is 138 Å². The lowest BCUT2D eigenvalue weighted by atomic mass is 9.72. The van der Waals surface area contributed by atoms with Crippen molar-refractivity contribution in [3.05, 3.63) is 0 Å². The summed E-state index contributed by atoms with van der Waals surface area (Å²) in [6.45, 7) is 9.38. The summed E-state index contributed by atoms with van der Waals surface area (Å²) in [5.41, 5.74) is 0.675. The second kappa shape index (κ2) is 6.80. The molecule has 3 rings (SSSR count). The first-order chi connectivity index (χ1) is 9.65. The zero-order valence-electron chi connectivity index (χ0n) is 13.0. The third kappa shape index (κ3) is 3.87. The molecule has 0 bridgehead atoms. The molecule has 0 aliphatic carbocycles. The number of rotatable bonds is 2. The average Bonchev–Trinajstić information content (AvgIpc) is 2.45. The quantitative estimate of drug-likeness (QED) is 0.530. The maximum Gasteiger partial charge on any atom is 0.0201 e. The largest absolute Gasteiger partial charge is 0.306 e. The molecule has 116 valence electrons. The van der Waals surface area contributed by atoms with Crippen LogP contribution in [0.15, 0.2) is 0 Å². The highest BCUT2D eigenvalue weighted by atomic mass is 127. The molecule has 3 aliphatic rings. The van der Waals surface area contributed by atoms with E-state index in [9.17, 15) is 0 Å². The van der Waals surface area contributed by atoms with Gasteiger partial charge in [0.2, 0.25) is 0 Å². The first kappa shape index (κ1) is 15.5. The van der Waals surface area contributed by atoms with Gasteiger partial charge >= 0.3 is 0 Å². The maximum atomic E-state index is 2.82. The zero-order chi connectivity index (χ0) is 14.0. The van der Waals surface area contributed by atoms with Crippen LogP contribution in [0.4, 0.5) is 0 Å². The summed E-state index contributed by atoms with van der Waals surface area (Å²) in [6, 6.07) is 0. The van der Waals surface area contributed by atoms with E-state index < -0.39 is 0 Å². The van der Waals surface area contributed by atoms with Gasteiger partial charge in [-0.05, 0) is 76.5 Å². The summed E-state index contributed by atoms with van der Waals surface area (Å²) in [5.74, 6) is 0.961. The van der Waals surface area contributed by atoms with Crippen LogP contribution in [0.25, 0.3) is 0 Å². The second-order valence-electron chi connectivity index (χ2n) is 7.50. The van der Waals surface area contributed by atoms with E-state index in [2.05, 4.69) is 42.8 Å². The molecule has 0 aromatic carbocycles. The number of piperidine rings is 3. The predicted octanol–water partition coefficient (Wildman–Crippen LogP) is 2.86. The van der Waals surface area contributed by atoms with Gasteiger partial charge in [-0.15, -0.1) is 0 Å². The van der Waals surface area contributed by atoms with Gasteiger partial charge in [0.15, 0.2) is 0 Å². The van der Waals surface area contributed by atoms with Crippen molar-refractivity contribution in [3.63, 3.8) is 0 Å². The van der Waals surface area contributed by atoms with Gasteiger partial charge in [-0.25, -0.2) is 3.11 Å². The third-order valence-electron chi connectivity index (χ3n) is 5.86. The SMILES string of the molecule is CN1CCC2(CCCN(CC3CCN(I)CC3)C2)CC1. The summed E-state index contributed by atoms with van der Waals surface area (Å²) < 4.78 is 2.46. The Kier molecular flexibility index (Phi) is 5.27. The maximum absolute atomic E-state index is 2.82. The van der Waals surface area contributed by atoms with E-state index in [1.165, 1.54) is 84.3 Å². The molecule has 0 aromatic heterocycles. The molecule has 0 N–H and O–H groups in total. The van der Waals surface area contributed by atoms with Crippen LogP contribution in [0.3, 0.4) is 0 Å². The fraction of sp³-hybridized carbons (Fsp3) is 1.00. The zero-order valence-corrected chi connectivity index (χ0v) is 15.1. The number of hydrogen-bond donors (Lipinski definition) is 0. The summed E-state index contributed by atoms with van der Waals surface area (Å²) >= 11 is 2.48. The minimum atomic E-state index is 0.675. The lowest BCUT2D eigenvalue weighted by Gasteiger charge is -2.48. The minimum absolute atomic E-state index is 0.675. The van der Waals surface area contributed by atoms with Gasteiger partial charge in [0.05, 0.1) is 0 Å². The summed E-state index contributed by atoms with van der Waals surface area (Å²) in [7, 11) is 2.28. The predicted molar refractivity (Wildman–Crippen MR) is 93.2 cm³/mol. The van der Waals surface area contributed by atoms with Crippen LogP contribution < -0.4 is 0 Å². The fourth-order valence-corrected chi connectivity index (χ4v) is 4.97. The normalized spacial score (nSPS) is 30.9. The molecule has 3 nitrogen and oxygen atoms in total. The van der Waals surface area contributed by atoms with Crippen LogP contribution >= 0.6 is 22.9 Å². The van der Waals surface area contributed by atoms with E-state index in [4.69, 9.17) is 0 Å². The summed E-state index contributed by atoms with van der Waals surface area (Å²) in [5, 5.41) is 0. The molecular weight excluding hydrogens is 361 g/mol. The van der Waals surface area contributed by atoms with Crippen molar-refractivity contribution in [1.29, 1.82) is 0 Å². The van der Waals surface area contributed by atoms with E-state index in [0.29, 0.717) is 5.41 Å². The minimum Gasteiger partial charge on any atom is -0.306 e. The van der Waals surface area contributed by atoms with Crippen molar-refractivity contribution < 1.29 is 0 Å². The monoisotopic (exact) mass is 391 g/mol. The van der Waals surface area contributed by atoms with Crippen LogP contribution in [-0.2, 0) is 0 Å². The number of likely N-dealkylation sites (tertiary alicyclic amines) is 2. The van der Waals surface area contributed by atoms with E-state index in [0.717, 1.165) is 5.92 Å². The lowest BCUT2D eigenvalue weighted by molar-refractivity contribution is 0.0214. The molecule has 3 saturated heterocycles. The van der Waals surface area contributed by atoms with Crippen LogP contribution in [0.1, 0.15) is 38.5 Å². The molecule has 0 amide bonds. The van der Waals surface area contributed by atoms with Crippen LogP contribution in [-0.4, -0.2) is 65.8 Å². The molecular formula is C16H30IN3. The first-order valence-corrected chi connectivity index (χ1v) is 9.43. The van der Waals surface area contributed by atoms with E-state index in [1.54, 1.807) is 0 Å². The molecule has 0 radical (unpaired) electrons. The number of hydrogen-bond acceptors (Lipinski definition) is 3. The molecule has 0 aromatic rings. The Balaban J connectivity index is 1.50. The Morgan fingerprint density at radius 1 is 1.00 bits per heavy atom. The first-order valence-electron chi connectivity index (χ1n) is 8.47. The van der Waals surface area contributed by atoms with Crippen molar-refractivity contribution in [2.45, 2.75) is 38.5 Å². The topological polar surface area (TPSA) is 9.72 Å². The molecule has 1 spiro atoms. The second-order valence-corrected chi connectivity index (χ2v) is 8.86. The molecule has 0 unspecified atom stereocenters. The Morgan fingerprint density at radius 2 is 1.70 bits per heavy atom. The van der Waals surface area contributed by atoms with Gasteiger partial charge in [0.1, 0.15) is 0 Å². The fourth-order valence-electron chi connectivity index (χ4n) is 4.42. The highest BCUT2D eigenvalue weighted by Crippen LogP contribution is 2.40. The molecule has 3 heterocycles. The van der Waals surface area contributed by atoms with Crippen LogP contribution in [0.2, 0.25) is 0 Å². The number of halogens is 1. The summed E-state index contributed by atoms with van der Waals surface area (Å²) in [6.07, 6.45) is 8.63. The number of nitrogens with zero attached hydrogens (tertiary/aromatic N) is 3. The van der Waals surface area contributed by atoms with E-state index in [-0.39, 0.29) is 0 Å². The van der Waals surface area contributed by atoms with E-state index in [1.807, 2.05) is 0 Å². The Bertz CT molecular complexity index is 307. The molecule has 20 heavy (non-hydrogen) atoms. The van der Waals surface area contributed by atoms with Crippen molar-refractivity contribution in [2.75, 3.05) is 52.9 Å². The molecule has 3 fully saturated rings. The Morgan fingerprint density at radius 3 is 2.40 bits per heavy atom. The van der Waals surface area contributed by atoms with Crippen molar-refractivity contribution in [1.82, 2.24) is 12.9 Å². The highest BCUT2D eigenvalue weighted by Gasteiger charge is 2.38. The van der Waals surface area contributed by atoms with Crippen LogP contribution in [0.5, 0.6) is 0 Å². The van der Waals surface area contributed by atoms with Crippen molar-refractivity contribution in [3.8, 4) is 0 Å². The Hall–Kier alpha value is 0.610. The summed E-state index contributed by atoms with van der Waals surface area (Å²) in [4.78, 5) is 5.34.